The number of aliphatic imine (C=N–C) groups is 2. The van der Waals surface area contributed by atoms with Crippen molar-refractivity contribution in [1.29, 1.82) is 0 Å². The number of nitrogens with zero attached hydrogens (tertiary/aromatic N) is 3. The highest BCUT2D eigenvalue weighted by atomic mass is 16.5. The van der Waals surface area contributed by atoms with Gasteiger partial charge in [-0.2, -0.15) is 0 Å². The molecule has 9 nitrogen and oxygen atoms in total. The largest absolute Gasteiger partial charge is 0.492 e. The number of hydrogen-bond acceptors (Lipinski definition) is 8. The molecule has 0 aromatic carbocycles. The van der Waals surface area contributed by atoms with Gasteiger partial charge in [0.25, 0.3) is 0 Å². The van der Waals surface area contributed by atoms with Crippen LogP contribution in [0, 0.1) is 11.8 Å². The number of piperidine rings is 1. The van der Waals surface area contributed by atoms with E-state index in [-0.39, 0.29) is 0 Å². The molecule has 0 atom stereocenters. The highest BCUT2D eigenvalue weighted by Crippen LogP contribution is 2.31. The molecule has 0 spiro atoms. The summed E-state index contributed by atoms with van der Waals surface area (Å²) in [7, 11) is 0. The molecule has 0 aromatic rings. The lowest BCUT2D eigenvalue weighted by atomic mass is 9.93. The van der Waals surface area contributed by atoms with Gasteiger partial charge in [-0.05, 0) is 107 Å². The third-order valence-electron chi connectivity index (χ3n) is 7.73. The predicted octanol–water partition coefficient (Wildman–Crippen LogP) is 4.94. The Hall–Kier alpha value is -3.59. The molecule has 43 heavy (non-hydrogen) atoms. The number of allylic oxidation sites excluding steroid dienone is 5. The van der Waals surface area contributed by atoms with Gasteiger partial charge in [-0.1, -0.05) is 26.5 Å². The molecule has 1 amide bonds. The van der Waals surface area contributed by atoms with E-state index < -0.39 is 0 Å². The molecule has 0 radical (unpaired) electrons. The van der Waals surface area contributed by atoms with Crippen LogP contribution in [0.25, 0.3) is 0 Å². The van der Waals surface area contributed by atoms with Gasteiger partial charge < -0.3 is 31.3 Å². The van der Waals surface area contributed by atoms with E-state index in [0.29, 0.717) is 42.9 Å². The summed E-state index contributed by atoms with van der Waals surface area (Å²) in [6.07, 6.45) is 14.2. The monoisotopic (exact) mass is 593 g/mol. The van der Waals surface area contributed by atoms with Crippen LogP contribution in [0.4, 0.5) is 0 Å². The van der Waals surface area contributed by atoms with E-state index in [1.54, 1.807) is 6.21 Å². The van der Waals surface area contributed by atoms with Gasteiger partial charge in [-0.15, -0.1) is 0 Å². The fraction of sp³-hybridized carbons (Fsp3) is 0.559. The topological polar surface area (TPSA) is 116 Å². The number of amides is 1. The number of carbonyl (C=O) groups is 1. The minimum absolute atomic E-state index is 0.431. The van der Waals surface area contributed by atoms with E-state index in [0.717, 1.165) is 64.2 Å². The maximum absolute atomic E-state index is 10.6. The average Bonchev–Trinajstić information content (AvgIpc) is 3.00. The van der Waals surface area contributed by atoms with E-state index in [9.17, 15) is 4.79 Å². The molecule has 2 aliphatic rings. The second-order valence-corrected chi connectivity index (χ2v) is 11.6. The minimum atomic E-state index is 0.431. The summed E-state index contributed by atoms with van der Waals surface area (Å²) >= 11 is 0. The van der Waals surface area contributed by atoms with Crippen molar-refractivity contribution in [3.63, 3.8) is 0 Å². The van der Waals surface area contributed by atoms with Crippen LogP contribution in [0.3, 0.4) is 0 Å². The van der Waals surface area contributed by atoms with E-state index >= 15 is 0 Å². The van der Waals surface area contributed by atoms with Crippen LogP contribution >= 0.6 is 0 Å². The van der Waals surface area contributed by atoms with Crippen molar-refractivity contribution in [3.8, 4) is 0 Å². The summed E-state index contributed by atoms with van der Waals surface area (Å²) in [6, 6.07) is 0. The molecule has 2 rings (SSSR count). The number of rotatable bonds is 17. The molecule has 0 aromatic heterocycles. The lowest BCUT2D eigenvalue weighted by Crippen LogP contribution is -2.32. The van der Waals surface area contributed by atoms with Crippen LogP contribution < -0.4 is 21.7 Å². The summed E-state index contributed by atoms with van der Waals surface area (Å²) in [5, 5.41) is 9.23. The standard InChI is InChI=1S/C34H55N7O2/c1-8-33(27(6)32(18-25(3)4)34(9-2)43-17-15-37-24-42)41-16-12-30(26(5)23-41)21-39-28(7)40-31(19-35)22-38-20-29-10-13-36-14-11-29/h8-9,19,21-22,24-25,29,36,40H,7,10-18,20,23,35H2,1-6H3,(H,37,42)/b31-19+,32-27-,33-8+,34-9+,38-22?,39-21-. The third kappa shape index (κ3) is 12.3. The molecule has 2 aliphatic heterocycles. The van der Waals surface area contributed by atoms with Crippen molar-refractivity contribution in [2.24, 2.45) is 27.6 Å². The zero-order chi connectivity index (χ0) is 31.6. The average molecular weight is 594 g/mol. The molecular weight excluding hydrogens is 538 g/mol. The number of carbonyl (C=O) groups excluding carboxylic acids is 1. The molecular formula is C34H55N7O2. The summed E-state index contributed by atoms with van der Waals surface area (Å²) in [6.45, 7) is 22.5. The Labute approximate surface area is 259 Å². The number of ether oxygens (including phenoxy) is 1. The van der Waals surface area contributed by atoms with Gasteiger partial charge in [0.2, 0.25) is 6.41 Å². The Kier molecular flexibility index (Phi) is 16.2. The van der Waals surface area contributed by atoms with Gasteiger partial charge in [0.05, 0.1) is 12.2 Å². The van der Waals surface area contributed by atoms with Crippen LogP contribution in [0.15, 0.2) is 80.2 Å². The first-order valence-electron chi connectivity index (χ1n) is 15.6. The van der Waals surface area contributed by atoms with Crippen LogP contribution in [0.1, 0.15) is 67.2 Å². The molecule has 1 fully saturated rings. The van der Waals surface area contributed by atoms with Crippen molar-refractivity contribution >= 4 is 18.8 Å². The molecule has 0 unspecified atom stereocenters. The van der Waals surface area contributed by atoms with E-state index in [1.165, 1.54) is 34.2 Å². The van der Waals surface area contributed by atoms with Crippen molar-refractivity contribution < 1.29 is 9.53 Å². The fourth-order valence-corrected chi connectivity index (χ4v) is 5.41. The Bertz CT molecular complexity index is 1140. The molecule has 0 saturated carbocycles. The van der Waals surface area contributed by atoms with Crippen LogP contribution in [0.2, 0.25) is 0 Å². The SMILES string of the molecule is C=C(/N=C\C1=C(C)CN(C(=C/C)/C(C)=C(CC(C)C)\C(=C/C)OCCNC=O)CC1)N/C(C=NCC1CCNCC1)=C/N. The van der Waals surface area contributed by atoms with Gasteiger partial charge in [-0.25, -0.2) is 4.99 Å². The minimum Gasteiger partial charge on any atom is -0.492 e. The van der Waals surface area contributed by atoms with Crippen molar-refractivity contribution in [3.05, 3.63) is 70.2 Å². The van der Waals surface area contributed by atoms with Crippen molar-refractivity contribution in [2.45, 2.75) is 67.2 Å². The first-order valence-corrected chi connectivity index (χ1v) is 15.6. The van der Waals surface area contributed by atoms with Gasteiger partial charge in [-0.3, -0.25) is 9.79 Å². The highest BCUT2D eigenvalue weighted by Gasteiger charge is 2.22. The quantitative estimate of drug-likeness (QED) is 0.0624. The Morgan fingerprint density at radius 3 is 2.60 bits per heavy atom. The number of nitrogens with two attached hydrogens (primary N) is 1. The second kappa shape index (κ2) is 19.6. The van der Waals surface area contributed by atoms with Gasteiger partial charge in [0.15, 0.2) is 0 Å². The normalized spacial score (nSPS) is 18.5. The Morgan fingerprint density at radius 1 is 1.26 bits per heavy atom. The molecule has 238 valence electrons. The molecule has 9 heteroatoms. The summed E-state index contributed by atoms with van der Waals surface area (Å²) in [4.78, 5) is 22.3. The summed E-state index contributed by atoms with van der Waals surface area (Å²) in [5.74, 6) is 2.50. The maximum atomic E-state index is 10.6. The lowest BCUT2D eigenvalue weighted by Gasteiger charge is -2.34. The van der Waals surface area contributed by atoms with Gasteiger partial charge in [0.1, 0.15) is 18.2 Å². The summed E-state index contributed by atoms with van der Waals surface area (Å²) < 4.78 is 6.11. The first-order chi connectivity index (χ1) is 20.7. The number of hydrogen-bond donors (Lipinski definition) is 4. The van der Waals surface area contributed by atoms with E-state index in [1.807, 2.05) is 19.2 Å². The molecule has 0 bridgehead atoms. The predicted molar refractivity (Wildman–Crippen MR) is 181 cm³/mol. The lowest BCUT2D eigenvalue weighted by molar-refractivity contribution is -0.109. The zero-order valence-corrected chi connectivity index (χ0v) is 27.3. The smallest absolute Gasteiger partial charge is 0.207 e. The second-order valence-electron chi connectivity index (χ2n) is 11.6. The molecule has 1 saturated heterocycles. The zero-order valence-electron chi connectivity index (χ0n) is 27.3. The third-order valence-corrected chi connectivity index (χ3v) is 7.73. The molecule has 0 aliphatic carbocycles. The fourth-order valence-electron chi connectivity index (χ4n) is 5.41. The summed E-state index contributed by atoms with van der Waals surface area (Å²) in [5.41, 5.74) is 12.7. The van der Waals surface area contributed by atoms with Crippen LogP contribution in [0.5, 0.6) is 0 Å². The van der Waals surface area contributed by atoms with Crippen LogP contribution in [-0.2, 0) is 9.53 Å². The van der Waals surface area contributed by atoms with E-state index in [4.69, 9.17) is 10.5 Å². The van der Waals surface area contributed by atoms with Gasteiger partial charge in [0, 0.05) is 44.0 Å². The Morgan fingerprint density at radius 2 is 2.00 bits per heavy atom. The van der Waals surface area contributed by atoms with Crippen molar-refractivity contribution in [2.75, 3.05) is 45.9 Å². The number of nitrogens with one attached hydrogen (secondary N) is 3. The van der Waals surface area contributed by atoms with E-state index in [2.05, 4.69) is 78.1 Å². The Balaban J connectivity index is 2.08. The van der Waals surface area contributed by atoms with Crippen molar-refractivity contribution in [1.82, 2.24) is 20.9 Å². The highest BCUT2D eigenvalue weighted by molar-refractivity contribution is 5.81. The van der Waals surface area contributed by atoms with Gasteiger partial charge >= 0.3 is 0 Å². The first kappa shape index (κ1) is 35.6. The van der Waals surface area contributed by atoms with Crippen LogP contribution in [-0.4, -0.2) is 69.6 Å². The molecule has 2 heterocycles. The maximum Gasteiger partial charge on any atom is 0.207 e. The molecule has 5 N–H and O–H groups in total.